The van der Waals surface area contributed by atoms with E-state index >= 15 is 0 Å². The first-order valence-corrected chi connectivity index (χ1v) is 10.7. The lowest BCUT2D eigenvalue weighted by molar-refractivity contribution is -0.141. The van der Waals surface area contributed by atoms with Gasteiger partial charge in [-0.1, -0.05) is 19.4 Å². The molecule has 0 aromatic rings. The number of nitriles is 1. The van der Waals surface area contributed by atoms with E-state index in [9.17, 15) is 17.6 Å². The van der Waals surface area contributed by atoms with E-state index in [1.54, 1.807) is 6.07 Å². The Labute approximate surface area is 181 Å². The molecule has 1 saturated heterocycles. The maximum atomic E-state index is 13.6. The molecular weight excluding hydrogens is 414 g/mol. The zero-order valence-electron chi connectivity index (χ0n) is 17.8. The first kappa shape index (κ1) is 25.3. The third kappa shape index (κ3) is 8.62. The van der Waals surface area contributed by atoms with Gasteiger partial charge in [0.05, 0.1) is 18.4 Å². The normalized spacial score (nSPS) is 24.4. The van der Waals surface area contributed by atoms with E-state index in [-0.39, 0.29) is 25.2 Å². The van der Waals surface area contributed by atoms with E-state index in [0.29, 0.717) is 43.7 Å². The van der Waals surface area contributed by atoms with Crippen LogP contribution in [0.2, 0.25) is 0 Å². The van der Waals surface area contributed by atoms with Gasteiger partial charge in [-0.05, 0) is 31.4 Å². The highest BCUT2D eigenvalue weighted by molar-refractivity contribution is 5.84. The summed E-state index contributed by atoms with van der Waals surface area (Å²) in [5, 5.41) is 16.8. The van der Waals surface area contributed by atoms with Crippen molar-refractivity contribution in [1.82, 2.24) is 4.90 Å². The maximum absolute atomic E-state index is 13.6. The number of nitrogens with zero attached hydrogens (tertiary/aromatic N) is 2. The van der Waals surface area contributed by atoms with Gasteiger partial charge in [-0.2, -0.15) is 18.4 Å². The number of halogens is 4. The molecule has 0 aromatic carbocycles. The minimum Gasteiger partial charge on any atom is -0.491 e. The number of hydrogen-bond acceptors (Lipinski definition) is 5. The van der Waals surface area contributed by atoms with Gasteiger partial charge in [-0.25, -0.2) is 4.39 Å². The summed E-state index contributed by atoms with van der Waals surface area (Å²) in [5.41, 5.74) is 0.597. The molecule has 1 aliphatic heterocycles. The van der Waals surface area contributed by atoms with Crippen LogP contribution >= 0.6 is 0 Å². The average Bonchev–Trinajstić information content (AvgIpc) is 3.02. The highest BCUT2D eigenvalue weighted by Crippen LogP contribution is 2.30. The molecule has 1 aliphatic carbocycles. The van der Waals surface area contributed by atoms with Gasteiger partial charge < -0.3 is 14.9 Å². The maximum Gasteiger partial charge on any atom is 0.390 e. The summed E-state index contributed by atoms with van der Waals surface area (Å²) < 4.78 is 63.2. The second-order valence-corrected chi connectivity index (χ2v) is 8.06. The second kappa shape index (κ2) is 12.2. The molecule has 1 heterocycles. The Morgan fingerprint density at radius 3 is 2.74 bits per heavy atom. The summed E-state index contributed by atoms with van der Waals surface area (Å²) in [6.45, 7) is 1.89. The summed E-state index contributed by atoms with van der Waals surface area (Å²) in [4.78, 5) is 1.87. The van der Waals surface area contributed by atoms with Crippen LogP contribution in [0.15, 0.2) is 24.0 Å². The number of nitrogens with one attached hydrogen (secondary N) is 1. The minimum absolute atomic E-state index is 0.112. The number of alkyl halides is 4. The highest BCUT2D eigenvalue weighted by Gasteiger charge is 2.38. The summed E-state index contributed by atoms with van der Waals surface area (Å²) in [7, 11) is 0. The molecule has 0 spiro atoms. The number of rotatable bonds is 11. The van der Waals surface area contributed by atoms with Gasteiger partial charge in [-0.15, -0.1) is 0 Å². The van der Waals surface area contributed by atoms with Gasteiger partial charge in [-0.3, -0.25) is 4.90 Å². The van der Waals surface area contributed by atoms with Gasteiger partial charge >= 0.3 is 6.18 Å². The average molecular weight is 446 g/mol. The molecule has 31 heavy (non-hydrogen) atoms. The largest absolute Gasteiger partial charge is 0.491 e. The molecule has 0 amide bonds. The van der Waals surface area contributed by atoms with Crippen LogP contribution in [0.25, 0.3) is 0 Å². The molecule has 0 saturated carbocycles. The van der Waals surface area contributed by atoms with Crippen LogP contribution in [0.3, 0.4) is 0 Å². The van der Waals surface area contributed by atoms with Crippen molar-refractivity contribution in [2.45, 2.75) is 76.4 Å². The molecular formula is C22H31F4N3O2. The molecule has 4 unspecified atom stereocenters. The van der Waals surface area contributed by atoms with Crippen molar-refractivity contribution in [2.75, 3.05) is 19.8 Å². The zero-order chi connectivity index (χ0) is 22.9. The summed E-state index contributed by atoms with van der Waals surface area (Å²) in [5.74, 6) is -0.450. The lowest BCUT2D eigenvalue weighted by Crippen LogP contribution is -2.41. The Hall–Kier alpha value is -1.92. The van der Waals surface area contributed by atoms with Crippen LogP contribution < -0.4 is 0 Å². The molecule has 174 valence electrons. The molecule has 4 atom stereocenters. The predicted octanol–water partition coefficient (Wildman–Crippen LogP) is 5.29. The van der Waals surface area contributed by atoms with Crippen molar-refractivity contribution in [3.63, 3.8) is 0 Å². The Morgan fingerprint density at radius 2 is 2.10 bits per heavy atom. The third-order valence-electron chi connectivity index (χ3n) is 5.50. The van der Waals surface area contributed by atoms with Crippen molar-refractivity contribution in [1.29, 1.82) is 10.7 Å². The van der Waals surface area contributed by atoms with E-state index in [1.807, 2.05) is 30.1 Å². The zero-order valence-corrected chi connectivity index (χ0v) is 17.8. The Morgan fingerprint density at radius 1 is 1.32 bits per heavy atom. The van der Waals surface area contributed by atoms with Crippen LogP contribution in [0.4, 0.5) is 17.6 Å². The van der Waals surface area contributed by atoms with E-state index in [0.717, 1.165) is 6.42 Å². The molecule has 5 nitrogen and oxygen atoms in total. The van der Waals surface area contributed by atoms with Crippen molar-refractivity contribution >= 4 is 5.71 Å². The Balaban J connectivity index is 1.94. The summed E-state index contributed by atoms with van der Waals surface area (Å²) in [6, 6.07) is 1.60. The standard InChI is InChI=1S/C22H31F4N3O2/c1-2-4-18(9-7-16(13-27)11-22(24,25)26)29-14-20(31-21(29)12-23)15-30-19-6-3-5-17(28)8-10-19/h3,6,10,16,18,20-21,28H,2,4-5,7-9,11-12,14-15H2,1H3. The van der Waals surface area contributed by atoms with Crippen LogP contribution in [-0.2, 0) is 9.47 Å². The van der Waals surface area contributed by atoms with Crippen molar-refractivity contribution in [2.24, 2.45) is 5.92 Å². The van der Waals surface area contributed by atoms with Crippen molar-refractivity contribution in [3.8, 4) is 6.07 Å². The monoisotopic (exact) mass is 445 g/mol. The molecule has 1 N–H and O–H groups in total. The van der Waals surface area contributed by atoms with Gasteiger partial charge in [0.2, 0.25) is 0 Å². The highest BCUT2D eigenvalue weighted by atomic mass is 19.4. The van der Waals surface area contributed by atoms with Crippen LogP contribution in [-0.4, -0.2) is 55.0 Å². The minimum atomic E-state index is -4.37. The second-order valence-electron chi connectivity index (χ2n) is 8.06. The predicted molar refractivity (Wildman–Crippen MR) is 109 cm³/mol. The number of ether oxygens (including phenoxy) is 2. The number of allylic oxidation sites excluding steroid dienone is 3. The molecule has 2 aliphatic rings. The van der Waals surface area contributed by atoms with E-state index in [4.69, 9.17) is 20.1 Å². The smallest absolute Gasteiger partial charge is 0.390 e. The first-order chi connectivity index (χ1) is 14.8. The van der Waals surface area contributed by atoms with E-state index in [2.05, 4.69) is 0 Å². The fourth-order valence-corrected chi connectivity index (χ4v) is 3.98. The quantitative estimate of drug-likeness (QED) is 0.439. The fourth-order valence-electron chi connectivity index (χ4n) is 3.98. The van der Waals surface area contributed by atoms with Crippen molar-refractivity contribution in [3.05, 3.63) is 24.0 Å². The van der Waals surface area contributed by atoms with Crippen LogP contribution in [0, 0.1) is 22.7 Å². The van der Waals surface area contributed by atoms with Crippen LogP contribution in [0.5, 0.6) is 0 Å². The van der Waals surface area contributed by atoms with Gasteiger partial charge in [0, 0.05) is 31.1 Å². The molecule has 2 rings (SSSR count). The van der Waals surface area contributed by atoms with E-state index in [1.165, 1.54) is 0 Å². The molecule has 1 fully saturated rings. The van der Waals surface area contributed by atoms with Gasteiger partial charge in [0.1, 0.15) is 31.4 Å². The molecule has 0 radical (unpaired) electrons. The molecule has 0 aromatic heterocycles. The Bertz CT molecular complexity index is 687. The molecule has 0 bridgehead atoms. The SMILES string of the molecule is CCCC(CCC(C#N)CC(F)(F)F)N1CC(COC2=CCC(=N)CC=C2)OC1CF. The van der Waals surface area contributed by atoms with Gasteiger partial charge in [0.15, 0.2) is 0 Å². The lowest BCUT2D eigenvalue weighted by Gasteiger charge is -2.31. The first-order valence-electron chi connectivity index (χ1n) is 10.7. The van der Waals surface area contributed by atoms with Crippen LogP contribution in [0.1, 0.15) is 51.9 Å². The third-order valence-corrected chi connectivity index (χ3v) is 5.50. The van der Waals surface area contributed by atoms with E-state index < -0.39 is 31.4 Å². The summed E-state index contributed by atoms with van der Waals surface area (Å²) >= 11 is 0. The fraction of sp³-hybridized carbons (Fsp3) is 0.727. The molecule has 9 heteroatoms. The van der Waals surface area contributed by atoms with Crippen molar-refractivity contribution < 1.29 is 27.0 Å². The van der Waals surface area contributed by atoms with Gasteiger partial charge in [0.25, 0.3) is 0 Å². The topological polar surface area (TPSA) is 69.3 Å². The lowest BCUT2D eigenvalue weighted by atomic mass is 9.95. The number of hydrogen-bond donors (Lipinski definition) is 1. The Kier molecular flexibility index (Phi) is 9.97. The summed E-state index contributed by atoms with van der Waals surface area (Å²) in [6.07, 6.45) is 1.94.